The third kappa shape index (κ3) is 1.56. The molecule has 1 aromatic heterocycles. The zero-order valence-electron chi connectivity index (χ0n) is 8.37. The van der Waals surface area contributed by atoms with Crippen molar-refractivity contribution < 1.29 is 0 Å². The topological polar surface area (TPSA) is 44.0 Å². The van der Waals surface area contributed by atoms with Gasteiger partial charge in [0.1, 0.15) is 0 Å². The van der Waals surface area contributed by atoms with Crippen molar-refractivity contribution in [2.45, 2.75) is 26.8 Å². The second kappa shape index (κ2) is 3.20. The molecule has 1 rings (SSSR count). The van der Waals surface area contributed by atoms with Crippen LogP contribution in [0, 0.1) is 6.92 Å². The highest BCUT2D eigenvalue weighted by atomic mass is 16.2. The Morgan fingerprint density at radius 2 is 1.85 bits per heavy atom. The van der Waals surface area contributed by atoms with E-state index in [9.17, 15) is 9.59 Å². The monoisotopic (exact) mass is 182 g/mol. The van der Waals surface area contributed by atoms with Crippen molar-refractivity contribution in [2.75, 3.05) is 0 Å². The molecule has 0 aliphatic carbocycles. The highest BCUT2D eigenvalue weighted by Crippen LogP contribution is 1.95. The lowest BCUT2D eigenvalue weighted by atomic mass is 10.3. The summed E-state index contributed by atoms with van der Waals surface area (Å²) in [7, 11) is 1.66. The zero-order chi connectivity index (χ0) is 10.2. The Labute approximate surface area is 76.4 Å². The van der Waals surface area contributed by atoms with Crippen LogP contribution in [-0.4, -0.2) is 9.13 Å². The SMILES string of the molecule is Cc1cc(=O)n(C(C)C)c(=O)n1C. The lowest BCUT2D eigenvalue weighted by Crippen LogP contribution is -2.40. The Bertz CT molecular complexity index is 426. The highest BCUT2D eigenvalue weighted by molar-refractivity contribution is 4.99. The first-order valence-corrected chi connectivity index (χ1v) is 4.24. The Hall–Kier alpha value is -1.32. The van der Waals surface area contributed by atoms with Gasteiger partial charge < -0.3 is 4.57 Å². The number of rotatable bonds is 1. The van der Waals surface area contributed by atoms with Crippen LogP contribution in [0.5, 0.6) is 0 Å². The van der Waals surface area contributed by atoms with Gasteiger partial charge in [-0.3, -0.25) is 9.36 Å². The molecule has 0 amide bonds. The molecule has 4 nitrogen and oxygen atoms in total. The zero-order valence-corrected chi connectivity index (χ0v) is 8.37. The van der Waals surface area contributed by atoms with Crippen LogP contribution in [0.4, 0.5) is 0 Å². The van der Waals surface area contributed by atoms with Gasteiger partial charge in [0.15, 0.2) is 0 Å². The molecule has 0 N–H and O–H groups in total. The molecule has 13 heavy (non-hydrogen) atoms. The van der Waals surface area contributed by atoms with Crippen molar-refractivity contribution in [3.05, 3.63) is 32.6 Å². The molecule has 1 aromatic rings. The lowest BCUT2D eigenvalue weighted by Gasteiger charge is -2.11. The van der Waals surface area contributed by atoms with Crippen LogP contribution in [-0.2, 0) is 7.05 Å². The molecular formula is C9H14N2O2. The quantitative estimate of drug-likeness (QED) is 0.632. The van der Waals surface area contributed by atoms with E-state index in [1.54, 1.807) is 14.0 Å². The van der Waals surface area contributed by atoms with Crippen molar-refractivity contribution >= 4 is 0 Å². The van der Waals surface area contributed by atoms with Crippen LogP contribution < -0.4 is 11.2 Å². The molecule has 0 saturated heterocycles. The number of hydrogen-bond acceptors (Lipinski definition) is 2. The smallest absolute Gasteiger partial charge is 0.301 e. The number of aromatic nitrogens is 2. The van der Waals surface area contributed by atoms with Gasteiger partial charge in [0.05, 0.1) is 0 Å². The summed E-state index contributed by atoms with van der Waals surface area (Å²) in [5.74, 6) is 0. The fourth-order valence-electron chi connectivity index (χ4n) is 1.23. The molecule has 0 bridgehead atoms. The van der Waals surface area contributed by atoms with Gasteiger partial charge in [-0.2, -0.15) is 0 Å². The largest absolute Gasteiger partial charge is 0.331 e. The fourth-order valence-corrected chi connectivity index (χ4v) is 1.23. The highest BCUT2D eigenvalue weighted by Gasteiger charge is 2.07. The van der Waals surface area contributed by atoms with Crippen LogP contribution in [0.3, 0.4) is 0 Å². The average molecular weight is 182 g/mol. The maximum Gasteiger partial charge on any atom is 0.331 e. The minimum atomic E-state index is -0.250. The average Bonchev–Trinajstić information content (AvgIpc) is 1.99. The summed E-state index contributed by atoms with van der Waals surface area (Å²) in [6.45, 7) is 5.38. The molecule has 0 aliphatic heterocycles. The molecule has 4 heteroatoms. The van der Waals surface area contributed by atoms with Gasteiger partial charge in [-0.05, 0) is 20.8 Å². The maximum absolute atomic E-state index is 11.6. The molecule has 0 unspecified atom stereocenters. The predicted molar refractivity (Wildman–Crippen MR) is 51.1 cm³/mol. The van der Waals surface area contributed by atoms with E-state index in [-0.39, 0.29) is 17.3 Å². The third-order valence-corrected chi connectivity index (χ3v) is 2.11. The van der Waals surface area contributed by atoms with Crippen LogP contribution in [0.1, 0.15) is 25.6 Å². The third-order valence-electron chi connectivity index (χ3n) is 2.11. The molecule has 1 heterocycles. The Kier molecular flexibility index (Phi) is 2.40. The molecule has 0 atom stereocenters. The van der Waals surface area contributed by atoms with Crippen LogP contribution in [0.25, 0.3) is 0 Å². The minimum Gasteiger partial charge on any atom is -0.301 e. The first-order chi connectivity index (χ1) is 5.95. The second-order valence-electron chi connectivity index (χ2n) is 3.43. The van der Waals surface area contributed by atoms with Gasteiger partial charge in [0.25, 0.3) is 5.56 Å². The van der Waals surface area contributed by atoms with Gasteiger partial charge in [-0.15, -0.1) is 0 Å². The van der Waals surface area contributed by atoms with Gasteiger partial charge in [-0.25, -0.2) is 4.79 Å². The van der Waals surface area contributed by atoms with E-state index in [1.165, 1.54) is 15.2 Å². The first-order valence-electron chi connectivity index (χ1n) is 4.24. The van der Waals surface area contributed by atoms with Crippen LogP contribution in [0.2, 0.25) is 0 Å². The summed E-state index contributed by atoms with van der Waals surface area (Å²) in [5, 5.41) is 0. The van der Waals surface area contributed by atoms with Crippen LogP contribution >= 0.6 is 0 Å². The fraction of sp³-hybridized carbons (Fsp3) is 0.556. The number of hydrogen-bond donors (Lipinski definition) is 0. The van der Waals surface area contributed by atoms with E-state index in [0.717, 1.165) is 0 Å². The Balaban J connectivity index is 3.64. The van der Waals surface area contributed by atoms with Crippen molar-refractivity contribution in [3.63, 3.8) is 0 Å². The molecule has 72 valence electrons. The Morgan fingerprint density at radius 1 is 1.31 bits per heavy atom. The molecular weight excluding hydrogens is 168 g/mol. The summed E-state index contributed by atoms with van der Waals surface area (Å²) < 4.78 is 2.72. The van der Waals surface area contributed by atoms with Crippen molar-refractivity contribution in [3.8, 4) is 0 Å². The molecule has 0 aliphatic rings. The number of nitrogens with zero attached hydrogens (tertiary/aromatic N) is 2. The van der Waals surface area contributed by atoms with Crippen molar-refractivity contribution in [2.24, 2.45) is 7.05 Å². The van der Waals surface area contributed by atoms with Gasteiger partial charge in [-0.1, -0.05) is 0 Å². The first kappa shape index (κ1) is 9.77. The second-order valence-corrected chi connectivity index (χ2v) is 3.43. The molecule has 0 spiro atoms. The van der Waals surface area contributed by atoms with E-state index in [2.05, 4.69) is 0 Å². The van der Waals surface area contributed by atoms with Gasteiger partial charge >= 0.3 is 5.69 Å². The summed E-state index contributed by atoms with van der Waals surface area (Å²) in [6, 6.07) is 1.38. The number of aryl methyl sites for hydroxylation is 1. The van der Waals surface area contributed by atoms with Gasteiger partial charge in [0, 0.05) is 24.8 Å². The van der Waals surface area contributed by atoms with E-state index in [1.807, 2.05) is 13.8 Å². The summed E-state index contributed by atoms with van der Waals surface area (Å²) >= 11 is 0. The van der Waals surface area contributed by atoms with Crippen molar-refractivity contribution in [1.29, 1.82) is 0 Å². The van der Waals surface area contributed by atoms with E-state index >= 15 is 0 Å². The maximum atomic E-state index is 11.6. The predicted octanol–water partition coefficient (Wildman–Crippen LogP) is 0.436. The molecule has 0 radical (unpaired) electrons. The summed E-state index contributed by atoms with van der Waals surface area (Å²) in [4.78, 5) is 23.0. The standard InChI is InChI=1S/C9H14N2O2/c1-6(2)11-8(12)5-7(3)10(4)9(11)13/h5-6H,1-4H3. The normalized spacial score (nSPS) is 10.8. The molecule has 0 aromatic carbocycles. The van der Waals surface area contributed by atoms with E-state index < -0.39 is 0 Å². The summed E-state index contributed by atoms with van der Waals surface area (Å²) in [6.07, 6.45) is 0. The summed E-state index contributed by atoms with van der Waals surface area (Å²) in [5.41, 5.74) is 0.211. The van der Waals surface area contributed by atoms with Crippen molar-refractivity contribution in [1.82, 2.24) is 9.13 Å². The van der Waals surface area contributed by atoms with E-state index in [4.69, 9.17) is 0 Å². The Morgan fingerprint density at radius 3 is 2.31 bits per heavy atom. The van der Waals surface area contributed by atoms with E-state index in [0.29, 0.717) is 5.69 Å². The lowest BCUT2D eigenvalue weighted by molar-refractivity contribution is 0.517. The minimum absolute atomic E-state index is 0.0909. The molecule has 0 fully saturated rings. The van der Waals surface area contributed by atoms with Gasteiger partial charge in [0.2, 0.25) is 0 Å². The molecule has 0 saturated carbocycles. The van der Waals surface area contributed by atoms with Crippen LogP contribution in [0.15, 0.2) is 15.7 Å².